The maximum atomic E-state index is 15.6. The molecule has 30 heteroatoms. The molecule has 8 nitrogen and oxygen atoms in total. The summed E-state index contributed by atoms with van der Waals surface area (Å²) in [6.07, 6.45) is -15.4. The first-order valence-corrected chi connectivity index (χ1v) is 30.2. The smallest absolute Gasteiger partial charge is 0.342 e. The molecule has 526 valence electrons. The van der Waals surface area contributed by atoms with Gasteiger partial charge in [0, 0.05) is 40.7 Å². The van der Waals surface area contributed by atoms with Crippen LogP contribution in [0.2, 0.25) is 0 Å². The molecule has 14 aromatic rings. The standard InChI is InChI=1S/C44H24F14N4.C29H16F8N4/c1-18-3-9-23(10-4-18)42(43(53,54)55,44(56,57)58)24-11-5-20(6-12-24)31-37(49)33(45)25(34(46)38(31)50)17-26-35(47)39(51)32(40(52)36(26)48)41-61-28-14-8-22(16-30(28)62-41)21-7-13-27-29(15-21)60-19(2)59-27;1-10-21(30)23(32)14(24(33)22(10)31)9-15-25(34)27(36)20(28(37)26(15)35)29-40-17-6-4-13(8-19(17)41-29)12-3-5-16-18(7-12)39-11(2)38-16/h3-16H,17H2,1-2H3,(H,59,60)(H,61,62);3-8H,9H2,1-2H3,(H,38,39)(H,40,41). The molecule has 0 saturated heterocycles. The monoisotopic (exact) mass is 1450 g/mol. The van der Waals surface area contributed by atoms with Crippen LogP contribution in [0, 0.1) is 121 Å². The van der Waals surface area contributed by atoms with Crippen LogP contribution < -0.4 is 0 Å². The number of nitrogens with zero attached hydrogens (tertiary/aromatic N) is 4. The molecule has 4 heterocycles. The van der Waals surface area contributed by atoms with Crippen molar-refractivity contribution in [1.82, 2.24) is 39.9 Å². The number of benzene rings is 10. The summed E-state index contributed by atoms with van der Waals surface area (Å²) in [7, 11) is 0. The molecule has 0 spiro atoms. The van der Waals surface area contributed by atoms with Gasteiger partial charge in [-0.15, -0.1) is 0 Å². The Morgan fingerprint density at radius 3 is 0.854 bits per heavy atom. The zero-order valence-electron chi connectivity index (χ0n) is 52.6. The Balaban J connectivity index is 0.000000199. The van der Waals surface area contributed by atoms with Crippen molar-refractivity contribution in [3.8, 4) is 56.2 Å². The van der Waals surface area contributed by atoms with E-state index in [0.717, 1.165) is 47.0 Å². The van der Waals surface area contributed by atoms with Crippen LogP contribution in [-0.2, 0) is 18.3 Å². The van der Waals surface area contributed by atoms with Gasteiger partial charge in [0.15, 0.2) is 93.1 Å². The van der Waals surface area contributed by atoms with Gasteiger partial charge in [0.1, 0.15) is 23.3 Å². The number of hydrogen-bond acceptors (Lipinski definition) is 4. The number of imidazole rings is 4. The number of nitrogens with one attached hydrogen (secondary N) is 4. The van der Waals surface area contributed by atoms with Crippen LogP contribution in [-0.4, -0.2) is 52.2 Å². The van der Waals surface area contributed by atoms with Gasteiger partial charge >= 0.3 is 12.4 Å². The number of rotatable bonds is 11. The average Bonchev–Trinajstić information content (AvgIpc) is 1.30. The van der Waals surface area contributed by atoms with E-state index in [1.165, 1.54) is 19.1 Å². The molecule has 0 fully saturated rings. The molecule has 0 aliphatic rings. The van der Waals surface area contributed by atoms with E-state index in [-0.39, 0.29) is 34.2 Å². The van der Waals surface area contributed by atoms with Gasteiger partial charge in [-0.25, -0.2) is 90.2 Å². The lowest BCUT2D eigenvalue weighted by molar-refractivity contribution is -0.288. The van der Waals surface area contributed by atoms with E-state index in [0.29, 0.717) is 57.9 Å². The second-order valence-corrected chi connectivity index (χ2v) is 24.0. The van der Waals surface area contributed by atoms with Crippen molar-refractivity contribution in [2.45, 2.75) is 58.3 Å². The van der Waals surface area contributed by atoms with Crippen molar-refractivity contribution in [2.75, 3.05) is 0 Å². The highest BCUT2D eigenvalue weighted by Crippen LogP contribution is 2.57. The molecule has 0 aliphatic heterocycles. The first-order chi connectivity index (χ1) is 48.6. The lowest BCUT2D eigenvalue weighted by atomic mass is 9.72. The highest BCUT2D eigenvalue weighted by Gasteiger charge is 2.72. The minimum absolute atomic E-state index is 0.113. The van der Waals surface area contributed by atoms with E-state index in [1.54, 1.807) is 49.4 Å². The zero-order chi connectivity index (χ0) is 74.1. The fraction of sp³-hybridized carbons (Fsp3) is 0.123. The molecule has 0 radical (unpaired) electrons. The summed E-state index contributed by atoms with van der Waals surface area (Å²) in [5, 5.41) is 0. The van der Waals surface area contributed by atoms with E-state index in [9.17, 15) is 43.9 Å². The quantitative estimate of drug-likeness (QED) is 0.0763. The van der Waals surface area contributed by atoms with Crippen LogP contribution in [0.15, 0.2) is 121 Å². The average molecular weight is 1450 g/mol. The van der Waals surface area contributed by atoms with Crippen LogP contribution in [0.3, 0.4) is 0 Å². The van der Waals surface area contributed by atoms with Crippen molar-refractivity contribution >= 4 is 44.1 Å². The van der Waals surface area contributed by atoms with Crippen molar-refractivity contribution in [3.63, 3.8) is 0 Å². The summed E-state index contributed by atoms with van der Waals surface area (Å²) in [6.45, 7) is 5.75. The Morgan fingerprint density at radius 2 is 0.544 bits per heavy atom. The molecule has 0 bridgehead atoms. The molecule has 14 rings (SSSR count). The third-order valence-corrected chi connectivity index (χ3v) is 17.6. The molecule has 0 atom stereocenters. The summed E-state index contributed by atoms with van der Waals surface area (Å²) in [6, 6.07) is 24.6. The van der Waals surface area contributed by atoms with Gasteiger partial charge in [0.05, 0.1) is 60.8 Å². The number of aromatic amines is 4. The van der Waals surface area contributed by atoms with Crippen LogP contribution in [0.25, 0.3) is 100 Å². The van der Waals surface area contributed by atoms with E-state index in [4.69, 9.17) is 0 Å². The Kier molecular flexibility index (Phi) is 17.4. The summed E-state index contributed by atoms with van der Waals surface area (Å²) < 4.78 is 329. The van der Waals surface area contributed by atoms with E-state index >= 15 is 52.7 Å². The first-order valence-electron chi connectivity index (χ1n) is 30.2. The lowest BCUT2D eigenvalue weighted by Crippen LogP contribution is -2.54. The first kappa shape index (κ1) is 70.0. The Hall–Kier alpha value is -11.5. The van der Waals surface area contributed by atoms with Gasteiger partial charge in [0.25, 0.3) is 0 Å². The van der Waals surface area contributed by atoms with Crippen LogP contribution in [0.4, 0.5) is 96.6 Å². The zero-order valence-corrected chi connectivity index (χ0v) is 52.6. The predicted octanol–water partition coefficient (Wildman–Crippen LogP) is 21.3. The second-order valence-electron chi connectivity index (χ2n) is 24.0. The third-order valence-electron chi connectivity index (χ3n) is 17.6. The fourth-order valence-electron chi connectivity index (χ4n) is 12.4. The minimum Gasteiger partial charge on any atom is -0.342 e. The molecular weight excluding hydrogens is 1410 g/mol. The number of hydrogen-bond donors (Lipinski definition) is 4. The second kappa shape index (κ2) is 25.6. The van der Waals surface area contributed by atoms with Crippen LogP contribution in [0.1, 0.15) is 56.2 Å². The van der Waals surface area contributed by atoms with Crippen LogP contribution in [0.5, 0.6) is 0 Å². The van der Waals surface area contributed by atoms with Crippen molar-refractivity contribution in [1.29, 1.82) is 0 Å². The highest BCUT2D eigenvalue weighted by molar-refractivity contribution is 5.90. The highest BCUT2D eigenvalue weighted by atomic mass is 19.4. The molecule has 0 unspecified atom stereocenters. The molecule has 0 amide bonds. The number of aromatic nitrogens is 8. The number of alkyl halides is 6. The molecule has 0 aliphatic carbocycles. The Morgan fingerprint density at radius 1 is 0.282 bits per heavy atom. The van der Waals surface area contributed by atoms with Crippen molar-refractivity contribution < 1.29 is 96.6 Å². The Labute approximate surface area is 563 Å². The number of H-pyrrole nitrogens is 4. The molecule has 4 N–H and O–H groups in total. The number of fused-ring (bicyclic) bond motifs is 4. The van der Waals surface area contributed by atoms with Gasteiger partial charge in [-0.1, -0.05) is 78.4 Å². The van der Waals surface area contributed by atoms with Gasteiger partial charge in [-0.05, 0) is 115 Å². The molecule has 103 heavy (non-hydrogen) atoms. The van der Waals surface area contributed by atoms with Gasteiger partial charge in [-0.2, -0.15) is 26.3 Å². The molecule has 4 aromatic heterocycles. The maximum Gasteiger partial charge on any atom is 0.411 e. The molecular formula is C73H40F22N8. The maximum absolute atomic E-state index is 15.6. The molecule has 10 aromatic carbocycles. The normalized spacial score (nSPS) is 12.3. The summed E-state index contributed by atoms with van der Waals surface area (Å²) >= 11 is 0. The number of aryl methyl sites for hydroxylation is 3. The SMILES string of the molecule is Cc1ccc(C(c2ccc(-c3c(F)c(F)c(Cc4c(F)c(F)c(-c5nc6ccc(-c7ccc8nc(C)[nH]c8c7)cc6[nH]5)c(F)c4F)c(F)c3F)cc2)(C(F)(F)F)C(F)(F)F)cc1.Cc1nc2ccc(-c3ccc4nc(-c5c(F)c(F)c(Cc6c(F)c(F)c(C)c(F)c6F)c(F)c5F)[nH]c4c3)cc2[nH]1. The fourth-order valence-corrected chi connectivity index (χ4v) is 12.4. The van der Waals surface area contributed by atoms with Gasteiger partial charge in [0.2, 0.25) is 5.41 Å². The minimum atomic E-state index is -6.03. The number of halogens is 22. The van der Waals surface area contributed by atoms with E-state index in [1.807, 2.05) is 25.1 Å². The van der Waals surface area contributed by atoms with Crippen molar-refractivity contribution in [3.05, 3.63) is 271 Å². The summed E-state index contributed by atoms with van der Waals surface area (Å²) in [5.41, 5.74) is -12.9. The summed E-state index contributed by atoms with van der Waals surface area (Å²) in [4.78, 5) is 28.2. The predicted molar refractivity (Wildman–Crippen MR) is 335 cm³/mol. The van der Waals surface area contributed by atoms with Gasteiger partial charge < -0.3 is 19.9 Å². The van der Waals surface area contributed by atoms with Crippen molar-refractivity contribution in [2.24, 2.45) is 0 Å². The van der Waals surface area contributed by atoms with E-state index in [2.05, 4.69) is 39.9 Å². The largest absolute Gasteiger partial charge is 0.411 e. The third kappa shape index (κ3) is 11.7. The van der Waals surface area contributed by atoms with Gasteiger partial charge in [-0.3, -0.25) is 0 Å². The Bertz CT molecular complexity index is 5680. The lowest BCUT2D eigenvalue weighted by Gasteiger charge is -2.38. The summed E-state index contributed by atoms with van der Waals surface area (Å²) in [5.74, 6) is -32.9. The topological polar surface area (TPSA) is 115 Å². The molecule has 0 saturated carbocycles. The van der Waals surface area contributed by atoms with Crippen LogP contribution >= 0.6 is 0 Å². The van der Waals surface area contributed by atoms with E-state index < -0.39 is 197 Å².